The van der Waals surface area contributed by atoms with E-state index in [1.807, 2.05) is 0 Å². The van der Waals surface area contributed by atoms with Crippen molar-refractivity contribution in [2.75, 3.05) is 13.2 Å². The average molecular weight is 1100 g/mol. The zero-order valence-electron chi connectivity index (χ0n) is 52.6. The van der Waals surface area contributed by atoms with Gasteiger partial charge in [-0.05, 0) is 96.3 Å². The van der Waals surface area contributed by atoms with E-state index in [1.165, 1.54) is 225 Å². The predicted octanol–water partition coefficient (Wildman–Crippen LogP) is 23.7. The third kappa shape index (κ3) is 65.5. The van der Waals surface area contributed by atoms with Crippen LogP contribution in [-0.2, 0) is 28.6 Å². The molecule has 0 rings (SSSR count). The minimum absolute atomic E-state index is 0.0743. The minimum atomic E-state index is -0.774. The van der Waals surface area contributed by atoms with Crippen LogP contribution < -0.4 is 0 Å². The van der Waals surface area contributed by atoms with E-state index >= 15 is 0 Å². The Morgan fingerprint density at radius 2 is 0.456 bits per heavy atom. The van der Waals surface area contributed by atoms with Crippen molar-refractivity contribution < 1.29 is 28.6 Å². The molecule has 0 aromatic carbocycles. The van der Waals surface area contributed by atoms with Gasteiger partial charge in [-0.25, -0.2) is 0 Å². The molecular weight excluding hydrogens is 973 g/mol. The summed E-state index contributed by atoms with van der Waals surface area (Å²) in [6.45, 7) is 6.57. The molecule has 0 aliphatic carbocycles. The molecule has 0 amide bonds. The second-order valence-corrected chi connectivity index (χ2v) is 23.1. The summed E-state index contributed by atoms with van der Waals surface area (Å²) in [6.07, 6.45) is 88.3. The van der Waals surface area contributed by atoms with Crippen LogP contribution in [0, 0.1) is 0 Å². The van der Waals surface area contributed by atoms with Crippen LogP contribution in [0.1, 0.15) is 355 Å². The van der Waals surface area contributed by atoms with E-state index in [9.17, 15) is 14.4 Å². The van der Waals surface area contributed by atoms with Crippen molar-refractivity contribution in [1.29, 1.82) is 0 Å². The molecule has 0 fully saturated rings. The van der Waals surface area contributed by atoms with Gasteiger partial charge in [-0.1, -0.05) is 312 Å². The zero-order valence-corrected chi connectivity index (χ0v) is 52.6. The maximum atomic E-state index is 12.8. The third-order valence-electron chi connectivity index (χ3n) is 15.2. The topological polar surface area (TPSA) is 78.9 Å². The van der Waals surface area contributed by atoms with E-state index in [1.54, 1.807) is 0 Å². The van der Waals surface area contributed by atoms with Gasteiger partial charge in [-0.3, -0.25) is 14.4 Å². The van der Waals surface area contributed by atoms with E-state index in [-0.39, 0.29) is 31.1 Å². The standard InChI is InChI=1S/C73H130O6/c1-4-7-10-13-15-17-19-21-23-25-27-29-31-33-34-35-36-37-38-40-41-43-45-47-49-51-53-55-57-60-63-66-72(75)78-69-70(68-77-71(74)65-62-59-12-9-6-3)79-73(76)67-64-61-58-56-54-52-50-48-46-44-42-39-32-30-28-26-24-22-20-18-16-14-11-8-5-2/h19-22,25-28,31-33,39,70H,4-18,23-24,29-30,34-38,40-69H2,1-3H3/b21-19-,22-20-,27-25-,28-26-,33-31-,39-32-. The number of ether oxygens (including phenoxy) is 3. The normalized spacial score (nSPS) is 12.5. The van der Waals surface area contributed by atoms with E-state index in [0.29, 0.717) is 19.3 Å². The molecule has 0 bridgehead atoms. The fourth-order valence-electron chi connectivity index (χ4n) is 9.99. The van der Waals surface area contributed by atoms with Gasteiger partial charge in [0.25, 0.3) is 0 Å². The van der Waals surface area contributed by atoms with Gasteiger partial charge in [0, 0.05) is 19.3 Å². The van der Waals surface area contributed by atoms with Gasteiger partial charge in [0.05, 0.1) is 0 Å². The molecule has 0 aliphatic heterocycles. The SMILES string of the molecule is CCCCCCC/C=C\C/C=C\C/C=C\CCCCCCCCCCCCCCCCCCC(=O)OCC(COC(=O)CCCCCCC)OC(=O)CCCCCCCCCCCC/C=C\C/C=C\C/C=C\CCCCCCC. The monoisotopic (exact) mass is 1100 g/mol. The number of rotatable bonds is 63. The molecule has 1 unspecified atom stereocenters. The maximum Gasteiger partial charge on any atom is 0.306 e. The van der Waals surface area contributed by atoms with Crippen LogP contribution in [-0.4, -0.2) is 37.2 Å². The highest BCUT2D eigenvalue weighted by atomic mass is 16.6. The fraction of sp³-hybridized carbons (Fsp3) is 0.795. The molecular formula is C73H130O6. The first-order chi connectivity index (χ1) is 39.0. The number of esters is 3. The number of hydrogen-bond donors (Lipinski definition) is 0. The van der Waals surface area contributed by atoms with Crippen LogP contribution in [0.4, 0.5) is 0 Å². The summed E-state index contributed by atoms with van der Waals surface area (Å²) in [4.78, 5) is 38.0. The van der Waals surface area contributed by atoms with Crippen molar-refractivity contribution in [3.05, 3.63) is 72.9 Å². The summed E-state index contributed by atoms with van der Waals surface area (Å²) in [7, 11) is 0. The quantitative estimate of drug-likeness (QED) is 0.0261. The van der Waals surface area contributed by atoms with Gasteiger partial charge in [0.1, 0.15) is 13.2 Å². The third-order valence-corrected chi connectivity index (χ3v) is 15.2. The summed E-state index contributed by atoms with van der Waals surface area (Å²) in [5, 5.41) is 0. The molecule has 0 N–H and O–H groups in total. The Kier molecular flexibility index (Phi) is 64.7. The number of carbonyl (C=O) groups is 3. The van der Waals surface area contributed by atoms with Crippen LogP contribution in [0.3, 0.4) is 0 Å². The lowest BCUT2D eigenvalue weighted by atomic mass is 10.0. The highest BCUT2D eigenvalue weighted by molar-refractivity contribution is 5.71. The molecule has 6 heteroatoms. The molecule has 0 radical (unpaired) electrons. The lowest BCUT2D eigenvalue weighted by Crippen LogP contribution is -2.30. The Morgan fingerprint density at radius 1 is 0.253 bits per heavy atom. The smallest absolute Gasteiger partial charge is 0.306 e. The molecule has 0 saturated heterocycles. The summed E-state index contributed by atoms with van der Waals surface area (Å²) in [6, 6.07) is 0. The van der Waals surface area contributed by atoms with Crippen LogP contribution in [0.15, 0.2) is 72.9 Å². The molecule has 0 saturated carbocycles. The number of allylic oxidation sites excluding steroid dienone is 12. The van der Waals surface area contributed by atoms with Crippen LogP contribution in [0.25, 0.3) is 0 Å². The van der Waals surface area contributed by atoms with Crippen molar-refractivity contribution in [2.24, 2.45) is 0 Å². The van der Waals surface area contributed by atoms with Crippen molar-refractivity contribution >= 4 is 17.9 Å². The van der Waals surface area contributed by atoms with Gasteiger partial charge < -0.3 is 14.2 Å². The molecule has 1 atom stereocenters. The molecule has 0 spiro atoms. The van der Waals surface area contributed by atoms with Crippen molar-refractivity contribution in [2.45, 2.75) is 361 Å². The molecule has 458 valence electrons. The van der Waals surface area contributed by atoms with E-state index < -0.39 is 6.10 Å². The molecule has 79 heavy (non-hydrogen) atoms. The molecule has 0 heterocycles. The lowest BCUT2D eigenvalue weighted by Gasteiger charge is -2.18. The summed E-state index contributed by atoms with van der Waals surface area (Å²) < 4.78 is 16.8. The first kappa shape index (κ1) is 75.8. The zero-order chi connectivity index (χ0) is 57.1. The molecule has 0 aromatic heterocycles. The van der Waals surface area contributed by atoms with E-state index in [0.717, 1.165) is 89.9 Å². The van der Waals surface area contributed by atoms with Gasteiger partial charge >= 0.3 is 17.9 Å². The lowest BCUT2D eigenvalue weighted by molar-refractivity contribution is -0.167. The Morgan fingerprint density at radius 3 is 0.709 bits per heavy atom. The second-order valence-electron chi connectivity index (χ2n) is 23.1. The van der Waals surface area contributed by atoms with Crippen molar-refractivity contribution in [3.8, 4) is 0 Å². The van der Waals surface area contributed by atoms with Gasteiger partial charge in [-0.15, -0.1) is 0 Å². The van der Waals surface area contributed by atoms with Gasteiger partial charge in [0.15, 0.2) is 6.10 Å². The molecule has 0 aliphatic rings. The van der Waals surface area contributed by atoms with Crippen LogP contribution in [0.5, 0.6) is 0 Å². The number of hydrogen-bond acceptors (Lipinski definition) is 6. The number of unbranched alkanes of at least 4 members (excludes halogenated alkanes) is 40. The van der Waals surface area contributed by atoms with Gasteiger partial charge in [-0.2, -0.15) is 0 Å². The summed E-state index contributed by atoms with van der Waals surface area (Å²) in [5.41, 5.74) is 0. The Hall–Kier alpha value is -3.15. The first-order valence-electron chi connectivity index (χ1n) is 34.4. The number of carbonyl (C=O) groups excluding carboxylic acids is 3. The fourth-order valence-corrected chi connectivity index (χ4v) is 9.99. The van der Waals surface area contributed by atoms with E-state index in [4.69, 9.17) is 14.2 Å². The summed E-state index contributed by atoms with van der Waals surface area (Å²) >= 11 is 0. The average Bonchev–Trinajstić information content (AvgIpc) is 3.45. The highest BCUT2D eigenvalue weighted by Crippen LogP contribution is 2.17. The van der Waals surface area contributed by atoms with E-state index in [2.05, 4.69) is 93.7 Å². The van der Waals surface area contributed by atoms with Crippen molar-refractivity contribution in [1.82, 2.24) is 0 Å². The Balaban J connectivity index is 3.98. The Bertz CT molecular complexity index is 1450. The van der Waals surface area contributed by atoms with Crippen LogP contribution in [0.2, 0.25) is 0 Å². The molecule has 6 nitrogen and oxygen atoms in total. The second kappa shape index (κ2) is 67.4. The maximum absolute atomic E-state index is 12.8. The summed E-state index contributed by atoms with van der Waals surface area (Å²) in [5.74, 6) is -0.877. The van der Waals surface area contributed by atoms with Crippen molar-refractivity contribution in [3.63, 3.8) is 0 Å². The highest BCUT2D eigenvalue weighted by Gasteiger charge is 2.19. The first-order valence-corrected chi connectivity index (χ1v) is 34.4. The van der Waals surface area contributed by atoms with Gasteiger partial charge in [0.2, 0.25) is 0 Å². The minimum Gasteiger partial charge on any atom is -0.462 e. The Labute approximate surface area is 491 Å². The molecule has 0 aromatic rings. The predicted molar refractivity (Wildman–Crippen MR) is 344 cm³/mol. The van der Waals surface area contributed by atoms with Crippen LogP contribution >= 0.6 is 0 Å². The largest absolute Gasteiger partial charge is 0.462 e.